The first-order valence-electron chi connectivity index (χ1n) is 3.18. The van der Waals surface area contributed by atoms with Crippen LogP contribution in [0.3, 0.4) is 0 Å². The highest BCUT2D eigenvalue weighted by Crippen LogP contribution is 1.95. The summed E-state index contributed by atoms with van der Waals surface area (Å²) in [7, 11) is 0. The third-order valence-electron chi connectivity index (χ3n) is 1.32. The molecule has 3 heteroatoms. The van der Waals surface area contributed by atoms with Crippen molar-refractivity contribution in [2.24, 2.45) is 5.92 Å². The van der Waals surface area contributed by atoms with E-state index >= 15 is 0 Å². The van der Waals surface area contributed by atoms with E-state index in [1.54, 1.807) is 0 Å². The van der Waals surface area contributed by atoms with Gasteiger partial charge in [-0.25, -0.2) is 0 Å². The monoisotopic (exact) mass is 151 g/mol. The molecule has 1 atom stereocenters. The molecule has 1 aliphatic heterocycles. The number of halogens is 1. The molecule has 56 valence electrons. The summed E-state index contributed by atoms with van der Waals surface area (Å²) in [6.45, 7) is 6.12. The van der Waals surface area contributed by atoms with Gasteiger partial charge in [-0.05, 0) is 12.5 Å². The molecule has 0 radical (unpaired) electrons. The smallest absolute Gasteiger partial charge is 0.0591 e. The molecule has 0 spiro atoms. The molecule has 0 unspecified atom stereocenters. The van der Waals surface area contributed by atoms with E-state index < -0.39 is 0 Å². The molecule has 9 heavy (non-hydrogen) atoms. The van der Waals surface area contributed by atoms with Crippen LogP contribution in [-0.2, 0) is 4.74 Å². The van der Waals surface area contributed by atoms with Crippen LogP contribution in [0.5, 0.6) is 0 Å². The Labute approximate surface area is 62.4 Å². The van der Waals surface area contributed by atoms with Crippen molar-refractivity contribution in [3.8, 4) is 0 Å². The summed E-state index contributed by atoms with van der Waals surface area (Å²) in [5, 5.41) is 3.27. The van der Waals surface area contributed by atoms with Crippen LogP contribution < -0.4 is 5.32 Å². The molecular weight excluding hydrogens is 138 g/mol. The standard InChI is InChI=1S/C6H13NO.ClH/c1-6-4-7-2-3-8-5-6;/h6-7H,2-5H2,1H3;1H/t6-;/m1./s1. The maximum absolute atomic E-state index is 5.24. The van der Waals surface area contributed by atoms with E-state index in [0.29, 0.717) is 5.92 Å². The van der Waals surface area contributed by atoms with Crippen LogP contribution in [0.15, 0.2) is 0 Å². The second kappa shape index (κ2) is 5.03. The summed E-state index contributed by atoms with van der Waals surface area (Å²) in [5.41, 5.74) is 0. The maximum Gasteiger partial charge on any atom is 0.0591 e. The molecule has 1 N–H and O–H groups in total. The van der Waals surface area contributed by atoms with Crippen LogP contribution in [-0.4, -0.2) is 26.3 Å². The van der Waals surface area contributed by atoms with Crippen molar-refractivity contribution in [2.45, 2.75) is 6.92 Å². The van der Waals surface area contributed by atoms with Crippen molar-refractivity contribution >= 4 is 12.4 Å². The molecule has 0 amide bonds. The van der Waals surface area contributed by atoms with Gasteiger partial charge < -0.3 is 10.1 Å². The van der Waals surface area contributed by atoms with Crippen LogP contribution in [0.1, 0.15) is 6.92 Å². The fourth-order valence-electron chi connectivity index (χ4n) is 0.836. The third kappa shape index (κ3) is 3.73. The van der Waals surface area contributed by atoms with Gasteiger partial charge in [0.15, 0.2) is 0 Å². The van der Waals surface area contributed by atoms with Crippen molar-refractivity contribution in [1.82, 2.24) is 5.32 Å². The molecule has 1 aliphatic rings. The lowest BCUT2D eigenvalue weighted by Gasteiger charge is -2.03. The largest absolute Gasteiger partial charge is 0.380 e. The van der Waals surface area contributed by atoms with Gasteiger partial charge in [0.05, 0.1) is 13.2 Å². The molecule has 0 aliphatic carbocycles. The van der Waals surface area contributed by atoms with Crippen molar-refractivity contribution in [3.63, 3.8) is 0 Å². The van der Waals surface area contributed by atoms with Gasteiger partial charge in [-0.1, -0.05) is 6.92 Å². The molecule has 0 bridgehead atoms. The first kappa shape index (κ1) is 9.21. The molecule has 1 heterocycles. The van der Waals surface area contributed by atoms with E-state index in [-0.39, 0.29) is 12.4 Å². The Hall–Kier alpha value is 0.210. The minimum Gasteiger partial charge on any atom is -0.380 e. The van der Waals surface area contributed by atoms with Gasteiger partial charge >= 0.3 is 0 Å². The summed E-state index contributed by atoms with van der Waals surface area (Å²) in [6, 6.07) is 0. The zero-order valence-electron chi connectivity index (χ0n) is 5.72. The van der Waals surface area contributed by atoms with E-state index in [2.05, 4.69) is 12.2 Å². The molecular formula is C6H14ClNO. The quantitative estimate of drug-likeness (QED) is 0.550. The second-order valence-corrected chi connectivity index (χ2v) is 2.38. The van der Waals surface area contributed by atoms with Crippen LogP contribution >= 0.6 is 12.4 Å². The number of rotatable bonds is 0. The molecule has 2 nitrogen and oxygen atoms in total. The minimum absolute atomic E-state index is 0. The summed E-state index contributed by atoms with van der Waals surface area (Å²) >= 11 is 0. The Morgan fingerprint density at radius 1 is 1.56 bits per heavy atom. The molecule has 0 aromatic rings. The Kier molecular flexibility index (Phi) is 5.15. The molecule has 0 aromatic carbocycles. The van der Waals surface area contributed by atoms with Crippen LogP contribution in [0.25, 0.3) is 0 Å². The predicted octanol–water partition coefficient (Wildman–Crippen LogP) is 0.664. The summed E-state index contributed by atoms with van der Waals surface area (Å²) < 4.78 is 5.24. The van der Waals surface area contributed by atoms with Crippen molar-refractivity contribution < 1.29 is 4.74 Å². The number of hydrogen-bond donors (Lipinski definition) is 1. The zero-order valence-corrected chi connectivity index (χ0v) is 6.54. The average Bonchev–Trinajstić information content (AvgIpc) is 1.94. The highest BCUT2D eigenvalue weighted by Gasteiger charge is 2.04. The summed E-state index contributed by atoms with van der Waals surface area (Å²) in [6.07, 6.45) is 0. The summed E-state index contributed by atoms with van der Waals surface area (Å²) in [5.74, 6) is 0.692. The van der Waals surface area contributed by atoms with Crippen LogP contribution in [0, 0.1) is 5.92 Å². The van der Waals surface area contributed by atoms with E-state index in [0.717, 1.165) is 26.3 Å². The highest BCUT2D eigenvalue weighted by molar-refractivity contribution is 5.85. The first-order valence-corrected chi connectivity index (χ1v) is 3.18. The lowest BCUT2D eigenvalue weighted by atomic mass is 10.2. The van der Waals surface area contributed by atoms with E-state index in [1.165, 1.54) is 0 Å². The van der Waals surface area contributed by atoms with E-state index in [1.807, 2.05) is 0 Å². The molecule has 1 rings (SSSR count). The lowest BCUT2D eigenvalue weighted by molar-refractivity contribution is 0.128. The van der Waals surface area contributed by atoms with Gasteiger partial charge in [-0.3, -0.25) is 0 Å². The van der Waals surface area contributed by atoms with Gasteiger partial charge in [-0.2, -0.15) is 0 Å². The fourth-order valence-corrected chi connectivity index (χ4v) is 0.836. The van der Waals surface area contributed by atoms with Crippen molar-refractivity contribution in [2.75, 3.05) is 26.3 Å². The minimum atomic E-state index is 0. The first-order chi connectivity index (χ1) is 3.89. The van der Waals surface area contributed by atoms with Gasteiger partial charge in [0.2, 0.25) is 0 Å². The lowest BCUT2D eigenvalue weighted by Crippen LogP contribution is -2.20. The summed E-state index contributed by atoms with van der Waals surface area (Å²) in [4.78, 5) is 0. The Bertz CT molecular complexity index is 62.1. The van der Waals surface area contributed by atoms with Gasteiger partial charge in [0, 0.05) is 6.54 Å². The maximum atomic E-state index is 5.24. The normalized spacial score (nSPS) is 28.3. The third-order valence-corrected chi connectivity index (χ3v) is 1.32. The second-order valence-electron chi connectivity index (χ2n) is 2.38. The van der Waals surface area contributed by atoms with Crippen molar-refractivity contribution in [1.29, 1.82) is 0 Å². The Balaban J connectivity index is 0.000000640. The highest BCUT2D eigenvalue weighted by atomic mass is 35.5. The van der Waals surface area contributed by atoms with Crippen LogP contribution in [0.4, 0.5) is 0 Å². The molecule has 0 saturated carbocycles. The van der Waals surface area contributed by atoms with Crippen molar-refractivity contribution in [3.05, 3.63) is 0 Å². The SMILES string of the molecule is C[C@@H]1CNCCOC1.Cl. The fraction of sp³-hybridized carbons (Fsp3) is 1.00. The van der Waals surface area contributed by atoms with Gasteiger partial charge in [0.25, 0.3) is 0 Å². The number of ether oxygens (including phenoxy) is 1. The van der Waals surface area contributed by atoms with E-state index in [9.17, 15) is 0 Å². The Morgan fingerprint density at radius 2 is 2.33 bits per heavy atom. The molecule has 1 fully saturated rings. The zero-order chi connectivity index (χ0) is 5.82. The molecule has 0 aromatic heterocycles. The average molecular weight is 152 g/mol. The number of hydrogen-bond acceptors (Lipinski definition) is 2. The number of nitrogens with one attached hydrogen (secondary N) is 1. The van der Waals surface area contributed by atoms with Crippen LogP contribution in [0.2, 0.25) is 0 Å². The van der Waals surface area contributed by atoms with Gasteiger partial charge in [0.1, 0.15) is 0 Å². The van der Waals surface area contributed by atoms with E-state index in [4.69, 9.17) is 4.74 Å². The topological polar surface area (TPSA) is 21.3 Å². The Morgan fingerprint density at radius 3 is 3.11 bits per heavy atom. The predicted molar refractivity (Wildman–Crippen MR) is 40.1 cm³/mol. The van der Waals surface area contributed by atoms with Gasteiger partial charge in [-0.15, -0.1) is 12.4 Å². The molecule has 1 saturated heterocycles.